The van der Waals surface area contributed by atoms with E-state index >= 15 is 0 Å². The summed E-state index contributed by atoms with van der Waals surface area (Å²) in [5.41, 5.74) is 3.91. The Morgan fingerprint density at radius 2 is 1.48 bits per heavy atom. The molecule has 0 bridgehead atoms. The Balaban J connectivity index is 2.02. The Hall–Kier alpha value is -1.35. The molecule has 112 valence electrons. The first-order valence-electron chi connectivity index (χ1n) is 7.40. The molecule has 2 nitrogen and oxygen atoms in total. The third-order valence-corrected chi connectivity index (χ3v) is 3.89. The molecule has 0 saturated carbocycles. The topological polar surface area (TPSA) is 15.3 Å². The Morgan fingerprint density at radius 3 is 2.14 bits per heavy atom. The smallest absolute Gasteiger partial charge is 0.0451 e. The number of benzene rings is 2. The average Bonchev–Trinajstić information content (AvgIpc) is 2.49. The van der Waals surface area contributed by atoms with Crippen LogP contribution >= 0.6 is 11.6 Å². The summed E-state index contributed by atoms with van der Waals surface area (Å²) in [7, 11) is 2.13. The first-order valence-corrected chi connectivity index (χ1v) is 7.78. The fourth-order valence-corrected chi connectivity index (χ4v) is 2.60. The highest BCUT2D eigenvalue weighted by Gasteiger charge is 2.07. The van der Waals surface area contributed by atoms with Gasteiger partial charge in [-0.1, -0.05) is 61.0 Å². The van der Waals surface area contributed by atoms with Gasteiger partial charge in [0, 0.05) is 24.7 Å². The summed E-state index contributed by atoms with van der Waals surface area (Å²) in [5, 5.41) is 4.24. The van der Waals surface area contributed by atoms with Crippen LogP contribution in [0.25, 0.3) is 0 Å². The van der Waals surface area contributed by atoms with Crippen molar-refractivity contribution in [3.05, 3.63) is 70.2 Å². The van der Waals surface area contributed by atoms with Gasteiger partial charge in [-0.15, -0.1) is 0 Å². The SMILES string of the molecule is CCNCc1ccccc1CN(C)Cc1ccccc1Cl. The minimum absolute atomic E-state index is 0.838. The van der Waals surface area contributed by atoms with Crippen molar-refractivity contribution >= 4 is 11.6 Å². The van der Waals surface area contributed by atoms with Crippen molar-refractivity contribution in [3.8, 4) is 0 Å². The molecule has 0 spiro atoms. The molecular formula is C18H23ClN2. The van der Waals surface area contributed by atoms with Gasteiger partial charge >= 0.3 is 0 Å². The highest BCUT2D eigenvalue weighted by Crippen LogP contribution is 2.18. The lowest BCUT2D eigenvalue weighted by molar-refractivity contribution is 0.318. The van der Waals surface area contributed by atoms with Crippen LogP contribution in [0.4, 0.5) is 0 Å². The van der Waals surface area contributed by atoms with Crippen molar-refractivity contribution < 1.29 is 0 Å². The first-order chi connectivity index (χ1) is 10.2. The molecule has 0 aliphatic heterocycles. The average molecular weight is 303 g/mol. The monoisotopic (exact) mass is 302 g/mol. The molecule has 0 unspecified atom stereocenters. The second-order valence-electron chi connectivity index (χ2n) is 5.31. The third-order valence-electron chi connectivity index (χ3n) is 3.52. The molecule has 21 heavy (non-hydrogen) atoms. The summed E-state index contributed by atoms with van der Waals surface area (Å²) in [6.07, 6.45) is 0. The fraction of sp³-hybridized carbons (Fsp3) is 0.333. The predicted octanol–water partition coefficient (Wildman–Crippen LogP) is 4.08. The van der Waals surface area contributed by atoms with Gasteiger partial charge in [0.15, 0.2) is 0 Å². The molecule has 0 heterocycles. The van der Waals surface area contributed by atoms with Gasteiger partial charge in [0.1, 0.15) is 0 Å². The second-order valence-corrected chi connectivity index (χ2v) is 5.72. The van der Waals surface area contributed by atoms with E-state index in [1.54, 1.807) is 0 Å². The number of nitrogens with one attached hydrogen (secondary N) is 1. The van der Waals surface area contributed by atoms with Crippen molar-refractivity contribution in [2.24, 2.45) is 0 Å². The standard InChI is InChI=1S/C18H23ClN2/c1-3-20-12-15-8-4-5-9-16(15)13-21(2)14-17-10-6-7-11-18(17)19/h4-11,20H,3,12-14H2,1-2H3. The van der Waals surface area contributed by atoms with Crippen molar-refractivity contribution in [1.82, 2.24) is 10.2 Å². The van der Waals surface area contributed by atoms with Gasteiger partial charge in [-0.3, -0.25) is 4.90 Å². The number of hydrogen-bond acceptors (Lipinski definition) is 2. The second kappa shape index (κ2) is 8.18. The number of hydrogen-bond donors (Lipinski definition) is 1. The van der Waals surface area contributed by atoms with E-state index in [0.29, 0.717) is 0 Å². The van der Waals surface area contributed by atoms with E-state index in [9.17, 15) is 0 Å². The zero-order valence-corrected chi connectivity index (χ0v) is 13.5. The maximum Gasteiger partial charge on any atom is 0.0451 e. The van der Waals surface area contributed by atoms with Crippen LogP contribution in [-0.2, 0) is 19.6 Å². The zero-order valence-electron chi connectivity index (χ0n) is 12.8. The fourth-order valence-electron chi connectivity index (χ4n) is 2.41. The van der Waals surface area contributed by atoms with E-state index in [2.05, 4.69) is 54.5 Å². The van der Waals surface area contributed by atoms with Crippen molar-refractivity contribution in [1.29, 1.82) is 0 Å². The lowest BCUT2D eigenvalue weighted by atomic mass is 10.1. The predicted molar refractivity (Wildman–Crippen MR) is 90.4 cm³/mol. The van der Waals surface area contributed by atoms with Crippen LogP contribution in [0.15, 0.2) is 48.5 Å². The van der Waals surface area contributed by atoms with Crippen LogP contribution in [0.1, 0.15) is 23.6 Å². The van der Waals surface area contributed by atoms with Gasteiger partial charge in [-0.05, 0) is 36.3 Å². The van der Waals surface area contributed by atoms with Gasteiger partial charge in [-0.2, -0.15) is 0 Å². The maximum absolute atomic E-state index is 6.23. The largest absolute Gasteiger partial charge is 0.313 e. The van der Waals surface area contributed by atoms with Gasteiger partial charge in [0.2, 0.25) is 0 Å². The summed E-state index contributed by atoms with van der Waals surface area (Å²) in [6.45, 7) is 5.82. The highest BCUT2D eigenvalue weighted by atomic mass is 35.5. The van der Waals surface area contributed by atoms with E-state index < -0.39 is 0 Å². The molecule has 2 aromatic rings. The van der Waals surface area contributed by atoms with E-state index in [1.807, 2.05) is 18.2 Å². The Morgan fingerprint density at radius 1 is 0.905 bits per heavy atom. The molecule has 0 aliphatic carbocycles. The molecule has 1 N–H and O–H groups in total. The Bertz CT molecular complexity index is 569. The van der Waals surface area contributed by atoms with E-state index in [1.165, 1.54) is 16.7 Å². The van der Waals surface area contributed by atoms with E-state index in [4.69, 9.17) is 11.6 Å². The number of halogens is 1. The molecule has 0 aromatic heterocycles. The van der Waals surface area contributed by atoms with Crippen LogP contribution in [0, 0.1) is 0 Å². The van der Waals surface area contributed by atoms with E-state index in [0.717, 1.165) is 31.2 Å². The van der Waals surface area contributed by atoms with Crippen molar-refractivity contribution in [2.45, 2.75) is 26.6 Å². The molecule has 0 radical (unpaired) electrons. The minimum Gasteiger partial charge on any atom is -0.313 e. The number of rotatable bonds is 7. The highest BCUT2D eigenvalue weighted by molar-refractivity contribution is 6.31. The van der Waals surface area contributed by atoms with Crippen LogP contribution in [0.3, 0.4) is 0 Å². The van der Waals surface area contributed by atoms with Crippen molar-refractivity contribution in [3.63, 3.8) is 0 Å². The molecule has 0 atom stereocenters. The molecule has 0 saturated heterocycles. The van der Waals surface area contributed by atoms with Crippen LogP contribution in [0.2, 0.25) is 5.02 Å². The molecule has 0 amide bonds. The van der Waals surface area contributed by atoms with Crippen LogP contribution in [0.5, 0.6) is 0 Å². The van der Waals surface area contributed by atoms with Crippen LogP contribution < -0.4 is 5.32 Å². The lowest BCUT2D eigenvalue weighted by Gasteiger charge is -2.19. The summed E-state index contributed by atoms with van der Waals surface area (Å²) >= 11 is 6.23. The normalized spacial score (nSPS) is 11.0. The summed E-state index contributed by atoms with van der Waals surface area (Å²) in [5.74, 6) is 0. The summed E-state index contributed by atoms with van der Waals surface area (Å²) in [6, 6.07) is 16.6. The Kier molecular flexibility index (Phi) is 6.24. The third kappa shape index (κ3) is 4.85. The quantitative estimate of drug-likeness (QED) is 0.829. The molecule has 2 rings (SSSR count). The first kappa shape index (κ1) is 16.0. The van der Waals surface area contributed by atoms with Gasteiger partial charge < -0.3 is 5.32 Å². The summed E-state index contributed by atoms with van der Waals surface area (Å²) < 4.78 is 0. The Labute approximate surface area is 132 Å². The van der Waals surface area contributed by atoms with Crippen molar-refractivity contribution in [2.75, 3.05) is 13.6 Å². The minimum atomic E-state index is 0.838. The zero-order chi connectivity index (χ0) is 15.1. The van der Waals surface area contributed by atoms with Crippen LogP contribution in [-0.4, -0.2) is 18.5 Å². The molecule has 0 aliphatic rings. The number of nitrogens with zero attached hydrogens (tertiary/aromatic N) is 1. The lowest BCUT2D eigenvalue weighted by Crippen LogP contribution is -2.20. The molecule has 0 fully saturated rings. The van der Waals surface area contributed by atoms with Gasteiger partial charge in [0.25, 0.3) is 0 Å². The molecular weight excluding hydrogens is 280 g/mol. The molecule has 3 heteroatoms. The maximum atomic E-state index is 6.23. The summed E-state index contributed by atoms with van der Waals surface area (Å²) in [4.78, 5) is 2.30. The van der Waals surface area contributed by atoms with Gasteiger partial charge in [-0.25, -0.2) is 0 Å². The van der Waals surface area contributed by atoms with Gasteiger partial charge in [0.05, 0.1) is 0 Å². The van der Waals surface area contributed by atoms with E-state index in [-0.39, 0.29) is 0 Å². The molecule has 2 aromatic carbocycles.